The van der Waals surface area contributed by atoms with Gasteiger partial charge in [0.25, 0.3) is 5.91 Å². The number of hydrogen-bond donors (Lipinski definition) is 1. The van der Waals surface area contributed by atoms with Crippen molar-refractivity contribution in [3.8, 4) is 5.75 Å². The Morgan fingerprint density at radius 1 is 1.03 bits per heavy atom. The van der Waals surface area contributed by atoms with E-state index in [1.54, 1.807) is 31.2 Å². The van der Waals surface area contributed by atoms with Gasteiger partial charge in [-0.1, -0.05) is 36.9 Å². The van der Waals surface area contributed by atoms with Crippen molar-refractivity contribution < 1.29 is 17.9 Å². The summed E-state index contributed by atoms with van der Waals surface area (Å²) in [6.07, 6.45) is 4.89. The Kier molecular flexibility index (Phi) is 8.01. The molecule has 1 aliphatic heterocycles. The molecule has 0 spiro atoms. The van der Waals surface area contributed by atoms with Gasteiger partial charge in [0.2, 0.25) is 10.0 Å². The number of hydrogen-bond acceptors (Lipinski definition) is 5. The summed E-state index contributed by atoms with van der Waals surface area (Å²) in [6.45, 7) is 3.68. The highest BCUT2D eigenvalue weighted by Gasteiger charge is 2.29. The molecule has 1 saturated carbocycles. The van der Waals surface area contributed by atoms with Crippen LogP contribution in [0.25, 0.3) is 0 Å². The molecule has 1 N–H and O–H groups in total. The largest absolute Gasteiger partial charge is 0.481 e. The molecule has 1 atom stereocenters. The Hall–Kier alpha value is -2.29. The van der Waals surface area contributed by atoms with Gasteiger partial charge in [-0.05, 0) is 62.2 Å². The molecule has 2 aromatic rings. The minimum Gasteiger partial charge on any atom is -0.481 e. The number of ether oxygens (including phenoxy) is 1. The first kappa shape index (κ1) is 24.8. The molecule has 0 aromatic heterocycles. The first-order chi connectivity index (χ1) is 16.3. The Labute approximate surface area is 207 Å². The van der Waals surface area contributed by atoms with Crippen LogP contribution in [-0.4, -0.2) is 57.0 Å². The molecule has 1 amide bonds. The third kappa shape index (κ3) is 6.03. The van der Waals surface area contributed by atoms with Crippen molar-refractivity contribution in [1.29, 1.82) is 0 Å². The second kappa shape index (κ2) is 11.0. The van der Waals surface area contributed by atoms with Crippen LogP contribution in [0.5, 0.6) is 5.75 Å². The second-order valence-electron chi connectivity index (χ2n) is 8.95. The fraction of sp³-hybridized carbons (Fsp3) is 0.480. The first-order valence-corrected chi connectivity index (χ1v) is 13.7. The molecular weight excluding hydrogens is 474 g/mol. The number of benzene rings is 2. The van der Waals surface area contributed by atoms with Gasteiger partial charge in [0.15, 0.2) is 6.10 Å². The molecule has 9 heteroatoms. The Morgan fingerprint density at radius 2 is 1.71 bits per heavy atom. The van der Waals surface area contributed by atoms with Gasteiger partial charge in [0.1, 0.15) is 5.75 Å². The van der Waals surface area contributed by atoms with E-state index in [0.29, 0.717) is 37.0 Å². The van der Waals surface area contributed by atoms with E-state index in [2.05, 4.69) is 10.2 Å². The van der Waals surface area contributed by atoms with E-state index in [-0.39, 0.29) is 16.8 Å². The fourth-order valence-electron chi connectivity index (χ4n) is 4.52. The molecular formula is C25H32ClN3O4S. The zero-order chi connectivity index (χ0) is 24.1. The standard InChI is InChI=1S/C25H32ClN3O4S/c1-19(25(30)27-21-7-3-2-4-8-21)33-23-10-12-24(13-11-23)34(31,32)29-16-14-28(15-17-29)22-9-5-6-20(26)18-22/h5-6,9-13,18-19,21H,2-4,7-8,14-17H2,1H3,(H,27,30)/t19-/m1/s1. The molecule has 34 heavy (non-hydrogen) atoms. The number of rotatable bonds is 7. The van der Waals surface area contributed by atoms with Crippen molar-refractivity contribution >= 4 is 33.2 Å². The molecule has 1 saturated heterocycles. The van der Waals surface area contributed by atoms with E-state index < -0.39 is 16.1 Å². The lowest BCUT2D eigenvalue weighted by Crippen LogP contribution is -2.48. The number of sulfonamides is 1. The zero-order valence-corrected chi connectivity index (χ0v) is 21.0. The highest BCUT2D eigenvalue weighted by atomic mass is 35.5. The molecule has 1 aliphatic carbocycles. The van der Waals surface area contributed by atoms with Gasteiger partial charge in [-0.3, -0.25) is 4.79 Å². The molecule has 0 bridgehead atoms. The number of anilines is 1. The normalized spacial score (nSPS) is 18.9. The summed E-state index contributed by atoms with van der Waals surface area (Å²) in [7, 11) is -3.61. The molecule has 1 heterocycles. The van der Waals surface area contributed by atoms with Crippen molar-refractivity contribution in [2.75, 3.05) is 31.1 Å². The van der Waals surface area contributed by atoms with E-state index in [0.717, 1.165) is 31.4 Å². The van der Waals surface area contributed by atoms with Gasteiger partial charge in [-0.25, -0.2) is 8.42 Å². The van der Waals surface area contributed by atoms with Crippen molar-refractivity contribution in [3.63, 3.8) is 0 Å². The highest BCUT2D eigenvalue weighted by molar-refractivity contribution is 7.89. The molecule has 4 rings (SSSR count). The predicted octanol–water partition coefficient (Wildman–Crippen LogP) is 4.07. The molecule has 2 fully saturated rings. The lowest BCUT2D eigenvalue weighted by atomic mass is 9.95. The number of nitrogens with one attached hydrogen (secondary N) is 1. The summed E-state index contributed by atoms with van der Waals surface area (Å²) in [5.74, 6) is 0.331. The summed E-state index contributed by atoms with van der Waals surface area (Å²) < 4.78 is 33.5. The van der Waals surface area contributed by atoms with Crippen LogP contribution in [-0.2, 0) is 14.8 Å². The predicted molar refractivity (Wildman–Crippen MR) is 134 cm³/mol. The second-order valence-corrected chi connectivity index (χ2v) is 11.3. The Bertz CT molecular complexity index is 1080. The van der Waals surface area contributed by atoms with Gasteiger partial charge in [-0.2, -0.15) is 4.31 Å². The highest BCUT2D eigenvalue weighted by Crippen LogP contribution is 2.25. The van der Waals surface area contributed by atoms with Gasteiger partial charge >= 0.3 is 0 Å². The van der Waals surface area contributed by atoms with E-state index in [1.807, 2.05) is 24.3 Å². The fourth-order valence-corrected chi connectivity index (χ4v) is 6.13. The van der Waals surface area contributed by atoms with Gasteiger partial charge < -0.3 is 15.0 Å². The average Bonchev–Trinajstić information content (AvgIpc) is 2.85. The molecule has 0 unspecified atom stereocenters. The summed E-state index contributed by atoms with van der Waals surface area (Å²) >= 11 is 6.09. The van der Waals surface area contributed by atoms with Crippen molar-refractivity contribution in [3.05, 3.63) is 53.6 Å². The van der Waals surface area contributed by atoms with Gasteiger partial charge in [-0.15, -0.1) is 0 Å². The smallest absolute Gasteiger partial charge is 0.260 e. The summed E-state index contributed by atoms with van der Waals surface area (Å²) in [5, 5.41) is 3.72. The van der Waals surface area contributed by atoms with Crippen LogP contribution in [0.4, 0.5) is 5.69 Å². The number of carbonyl (C=O) groups is 1. The first-order valence-electron chi connectivity index (χ1n) is 11.9. The third-order valence-corrected chi connectivity index (χ3v) is 8.66. The van der Waals surface area contributed by atoms with Crippen LogP contribution in [0.1, 0.15) is 39.0 Å². The third-order valence-electron chi connectivity index (χ3n) is 6.51. The topological polar surface area (TPSA) is 79.0 Å². The van der Waals surface area contributed by atoms with Crippen molar-refractivity contribution in [1.82, 2.24) is 9.62 Å². The quantitative estimate of drug-likeness (QED) is 0.613. The Morgan fingerprint density at radius 3 is 2.35 bits per heavy atom. The number of nitrogens with zero attached hydrogens (tertiary/aromatic N) is 2. The van der Waals surface area contributed by atoms with Gasteiger partial charge in [0.05, 0.1) is 4.90 Å². The maximum atomic E-state index is 13.1. The number of piperazine rings is 1. The monoisotopic (exact) mass is 505 g/mol. The zero-order valence-electron chi connectivity index (χ0n) is 19.5. The maximum absolute atomic E-state index is 13.1. The molecule has 2 aliphatic rings. The van der Waals surface area contributed by atoms with Crippen molar-refractivity contribution in [2.45, 2.75) is 56.1 Å². The summed E-state index contributed by atoms with van der Waals surface area (Å²) in [6, 6.07) is 14.1. The molecule has 184 valence electrons. The lowest BCUT2D eigenvalue weighted by Gasteiger charge is -2.35. The molecule has 2 aromatic carbocycles. The maximum Gasteiger partial charge on any atom is 0.260 e. The van der Waals surface area contributed by atoms with Crippen LogP contribution in [0.3, 0.4) is 0 Å². The minimum atomic E-state index is -3.61. The van der Waals surface area contributed by atoms with Gasteiger partial charge in [0, 0.05) is 42.9 Å². The summed E-state index contributed by atoms with van der Waals surface area (Å²) in [4.78, 5) is 14.8. The SMILES string of the molecule is C[C@@H](Oc1ccc(S(=O)(=O)N2CCN(c3cccc(Cl)c3)CC2)cc1)C(=O)NC1CCCCC1. The molecule has 7 nitrogen and oxygen atoms in total. The van der Waals surface area contributed by atoms with E-state index in [9.17, 15) is 13.2 Å². The minimum absolute atomic E-state index is 0.138. The number of carbonyl (C=O) groups excluding carboxylic acids is 1. The van der Waals surface area contributed by atoms with E-state index in [1.165, 1.54) is 10.7 Å². The average molecular weight is 506 g/mol. The van der Waals surface area contributed by atoms with Crippen LogP contribution < -0.4 is 15.0 Å². The number of halogens is 1. The molecule has 0 radical (unpaired) electrons. The van der Waals surface area contributed by atoms with E-state index >= 15 is 0 Å². The van der Waals surface area contributed by atoms with Crippen LogP contribution >= 0.6 is 11.6 Å². The van der Waals surface area contributed by atoms with Crippen molar-refractivity contribution in [2.24, 2.45) is 0 Å². The van der Waals surface area contributed by atoms with E-state index in [4.69, 9.17) is 16.3 Å². The lowest BCUT2D eigenvalue weighted by molar-refractivity contribution is -0.128. The summed E-state index contributed by atoms with van der Waals surface area (Å²) in [5.41, 5.74) is 0.993. The Balaban J connectivity index is 1.32. The van der Waals surface area contributed by atoms with Crippen LogP contribution in [0.15, 0.2) is 53.4 Å². The number of amides is 1. The van der Waals surface area contributed by atoms with Crippen LogP contribution in [0.2, 0.25) is 5.02 Å². The van der Waals surface area contributed by atoms with Crippen LogP contribution in [0, 0.1) is 0 Å².